The van der Waals surface area contributed by atoms with Crippen LogP contribution in [0.15, 0.2) is 22.8 Å². The molecule has 0 aromatic carbocycles. The van der Waals surface area contributed by atoms with Crippen molar-refractivity contribution >= 4 is 11.5 Å². The first-order valence-corrected chi connectivity index (χ1v) is 7.10. The summed E-state index contributed by atoms with van der Waals surface area (Å²) < 4.78 is 7.17. The fourth-order valence-electron chi connectivity index (χ4n) is 2.28. The van der Waals surface area contributed by atoms with Gasteiger partial charge in [0.1, 0.15) is 11.6 Å². The molecule has 0 aliphatic heterocycles. The molecule has 2 aromatic heterocycles. The van der Waals surface area contributed by atoms with Crippen LogP contribution in [0.2, 0.25) is 0 Å². The summed E-state index contributed by atoms with van der Waals surface area (Å²) in [5, 5.41) is 7.93. The summed E-state index contributed by atoms with van der Waals surface area (Å²) in [5.74, 6) is 2.25. The highest BCUT2D eigenvalue weighted by atomic mass is 16.3. The van der Waals surface area contributed by atoms with E-state index in [-0.39, 0.29) is 0 Å². The molecule has 0 fully saturated rings. The van der Waals surface area contributed by atoms with Gasteiger partial charge in [0, 0.05) is 19.5 Å². The lowest BCUT2D eigenvalue weighted by atomic mass is 10.1. The largest absolute Gasteiger partial charge is 0.469 e. The summed E-state index contributed by atoms with van der Waals surface area (Å²) in [6.45, 7) is 6.34. The maximum atomic E-state index is 6.18. The van der Waals surface area contributed by atoms with Crippen LogP contribution in [0.5, 0.6) is 0 Å². The number of anilines is 2. The van der Waals surface area contributed by atoms with E-state index in [1.807, 2.05) is 23.9 Å². The van der Waals surface area contributed by atoms with Crippen LogP contribution in [0.1, 0.15) is 44.6 Å². The third kappa shape index (κ3) is 3.15. The number of nitrogens with two attached hydrogens (primary N) is 1. The Labute approximate surface area is 120 Å². The van der Waals surface area contributed by atoms with Gasteiger partial charge in [-0.15, -0.1) is 0 Å². The van der Waals surface area contributed by atoms with E-state index in [2.05, 4.69) is 31.2 Å². The Morgan fingerprint density at radius 1 is 1.40 bits per heavy atom. The summed E-state index contributed by atoms with van der Waals surface area (Å²) in [5.41, 5.74) is 7.89. The SMILES string of the molecule is CC(CCc1ccco1)Nc1c(N)c(C(C)C)nn1C. The molecule has 0 saturated carbocycles. The molecule has 0 aliphatic carbocycles. The quantitative estimate of drug-likeness (QED) is 0.850. The molecule has 5 heteroatoms. The van der Waals surface area contributed by atoms with Gasteiger partial charge in [0.2, 0.25) is 0 Å². The standard InChI is InChI=1S/C15H24N4O/c1-10(2)14-13(16)15(19(4)18-14)17-11(3)7-8-12-6-5-9-20-12/h5-6,9-11,17H,7-8,16H2,1-4H3. The van der Waals surface area contributed by atoms with Crippen molar-refractivity contribution in [1.82, 2.24) is 9.78 Å². The number of nitrogens with zero attached hydrogens (tertiary/aromatic N) is 2. The molecule has 0 amide bonds. The predicted molar refractivity (Wildman–Crippen MR) is 81.8 cm³/mol. The minimum absolute atomic E-state index is 0.304. The first kappa shape index (κ1) is 14.5. The summed E-state index contributed by atoms with van der Waals surface area (Å²) in [6, 6.07) is 4.22. The van der Waals surface area contributed by atoms with Crippen LogP contribution >= 0.6 is 0 Å². The molecule has 1 unspecified atom stereocenters. The lowest BCUT2D eigenvalue weighted by Crippen LogP contribution is -2.18. The number of furan rings is 1. The van der Waals surface area contributed by atoms with Gasteiger partial charge in [-0.25, -0.2) is 0 Å². The number of nitrogen functional groups attached to an aromatic ring is 1. The van der Waals surface area contributed by atoms with Crippen molar-refractivity contribution < 1.29 is 4.42 Å². The summed E-state index contributed by atoms with van der Waals surface area (Å²) >= 11 is 0. The van der Waals surface area contributed by atoms with Gasteiger partial charge in [-0.3, -0.25) is 4.68 Å². The number of rotatable bonds is 6. The minimum atomic E-state index is 0.304. The highest BCUT2D eigenvalue weighted by Gasteiger charge is 2.17. The highest BCUT2D eigenvalue weighted by Crippen LogP contribution is 2.28. The topological polar surface area (TPSA) is 69.0 Å². The van der Waals surface area contributed by atoms with Crippen LogP contribution < -0.4 is 11.1 Å². The van der Waals surface area contributed by atoms with Gasteiger partial charge in [0.15, 0.2) is 0 Å². The fraction of sp³-hybridized carbons (Fsp3) is 0.533. The molecule has 0 radical (unpaired) electrons. The summed E-state index contributed by atoms with van der Waals surface area (Å²) in [7, 11) is 1.92. The van der Waals surface area contributed by atoms with Crippen LogP contribution in [0, 0.1) is 0 Å². The molecular weight excluding hydrogens is 252 g/mol. The lowest BCUT2D eigenvalue weighted by Gasteiger charge is -2.15. The Morgan fingerprint density at radius 2 is 2.15 bits per heavy atom. The zero-order valence-corrected chi connectivity index (χ0v) is 12.7. The lowest BCUT2D eigenvalue weighted by molar-refractivity contribution is 0.494. The molecule has 2 aromatic rings. The number of hydrogen-bond acceptors (Lipinski definition) is 4. The number of nitrogens with one attached hydrogen (secondary N) is 1. The van der Waals surface area contributed by atoms with Crippen molar-refractivity contribution in [3.05, 3.63) is 29.9 Å². The number of aryl methyl sites for hydroxylation is 2. The number of aromatic nitrogens is 2. The first-order chi connectivity index (χ1) is 9.49. The Bertz CT molecular complexity index is 542. The van der Waals surface area contributed by atoms with Crippen molar-refractivity contribution in [3.8, 4) is 0 Å². The maximum Gasteiger partial charge on any atom is 0.147 e. The van der Waals surface area contributed by atoms with E-state index >= 15 is 0 Å². The molecule has 0 bridgehead atoms. The molecule has 20 heavy (non-hydrogen) atoms. The second-order valence-corrected chi connectivity index (χ2v) is 5.59. The van der Waals surface area contributed by atoms with Crippen LogP contribution in [0.4, 0.5) is 11.5 Å². The maximum absolute atomic E-state index is 6.18. The van der Waals surface area contributed by atoms with Crippen LogP contribution in [-0.4, -0.2) is 15.8 Å². The van der Waals surface area contributed by atoms with Crippen molar-refractivity contribution in [2.24, 2.45) is 7.05 Å². The Kier molecular flexibility index (Phi) is 4.37. The minimum Gasteiger partial charge on any atom is -0.469 e. The summed E-state index contributed by atoms with van der Waals surface area (Å²) in [4.78, 5) is 0. The second kappa shape index (κ2) is 6.03. The van der Waals surface area contributed by atoms with Crippen molar-refractivity contribution in [2.45, 2.75) is 45.6 Å². The van der Waals surface area contributed by atoms with Gasteiger partial charge >= 0.3 is 0 Å². The molecule has 0 spiro atoms. The molecule has 5 nitrogen and oxygen atoms in total. The van der Waals surface area contributed by atoms with Gasteiger partial charge in [-0.05, 0) is 31.4 Å². The Balaban J connectivity index is 1.98. The average Bonchev–Trinajstić information content (AvgIpc) is 2.99. The van der Waals surface area contributed by atoms with E-state index in [9.17, 15) is 0 Å². The molecular formula is C15H24N4O. The predicted octanol–water partition coefficient (Wildman–Crippen LogP) is 3.15. The Morgan fingerprint density at radius 3 is 2.70 bits per heavy atom. The molecule has 0 saturated heterocycles. The fourth-order valence-corrected chi connectivity index (χ4v) is 2.28. The first-order valence-electron chi connectivity index (χ1n) is 7.10. The van der Waals surface area contributed by atoms with Crippen LogP contribution in [0.3, 0.4) is 0 Å². The zero-order valence-electron chi connectivity index (χ0n) is 12.7. The van der Waals surface area contributed by atoms with E-state index < -0.39 is 0 Å². The van der Waals surface area contributed by atoms with Gasteiger partial charge in [-0.2, -0.15) is 5.10 Å². The molecule has 0 aliphatic rings. The van der Waals surface area contributed by atoms with E-state index in [1.165, 1.54) is 0 Å². The van der Waals surface area contributed by atoms with Crippen molar-refractivity contribution in [2.75, 3.05) is 11.1 Å². The zero-order chi connectivity index (χ0) is 14.7. The van der Waals surface area contributed by atoms with Gasteiger partial charge in [0.05, 0.1) is 17.6 Å². The van der Waals surface area contributed by atoms with Gasteiger partial charge < -0.3 is 15.5 Å². The van der Waals surface area contributed by atoms with E-state index in [1.54, 1.807) is 6.26 Å². The normalized spacial score (nSPS) is 12.8. The highest BCUT2D eigenvalue weighted by molar-refractivity contribution is 5.66. The third-order valence-electron chi connectivity index (χ3n) is 3.45. The molecule has 2 rings (SSSR count). The summed E-state index contributed by atoms with van der Waals surface area (Å²) in [6.07, 6.45) is 3.60. The average molecular weight is 276 g/mol. The van der Waals surface area contributed by atoms with E-state index in [0.717, 1.165) is 35.8 Å². The monoisotopic (exact) mass is 276 g/mol. The Hall–Kier alpha value is -1.91. The second-order valence-electron chi connectivity index (χ2n) is 5.59. The molecule has 1 atom stereocenters. The van der Waals surface area contributed by atoms with E-state index in [0.29, 0.717) is 12.0 Å². The molecule has 2 heterocycles. The number of hydrogen-bond donors (Lipinski definition) is 2. The van der Waals surface area contributed by atoms with Crippen molar-refractivity contribution in [1.29, 1.82) is 0 Å². The molecule has 3 N–H and O–H groups in total. The molecule has 110 valence electrons. The third-order valence-corrected chi connectivity index (χ3v) is 3.45. The van der Waals surface area contributed by atoms with Gasteiger partial charge in [0.25, 0.3) is 0 Å². The van der Waals surface area contributed by atoms with Gasteiger partial charge in [-0.1, -0.05) is 13.8 Å². The van der Waals surface area contributed by atoms with E-state index in [4.69, 9.17) is 10.2 Å². The van der Waals surface area contributed by atoms with Crippen molar-refractivity contribution in [3.63, 3.8) is 0 Å². The van der Waals surface area contributed by atoms with Crippen LogP contribution in [0.25, 0.3) is 0 Å². The smallest absolute Gasteiger partial charge is 0.147 e. The van der Waals surface area contributed by atoms with Crippen LogP contribution in [-0.2, 0) is 13.5 Å².